The van der Waals surface area contributed by atoms with Crippen LogP contribution < -0.4 is 5.56 Å². The zero-order valence-corrected chi connectivity index (χ0v) is 18.7. The van der Waals surface area contributed by atoms with Gasteiger partial charge in [-0.15, -0.1) is 0 Å². The van der Waals surface area contributed by atoms with Crippen LogP contribution in [-0.4, -0.2) is 25.2 Å². The number of nitrogens with zero attached hydrogens (tertiary/aromatic N) is 2. The zero-order chi connectivity index (χ0) is 21.3. The van der Waals surface area contributed by atoms with Crippen LogP contribution in [0.5, 0.6) is 0 Å². The molecule has 154 valence electrons. The molecule has 1 aliphatic heterocycles. The number of halogens is 1. The van der Waals surface area contributed by atoms with Crippen LogP contribution in [0.25, 0.3) is 11.4 Å². The van der Waals surface area contributed by atoms with Crippen LogP contribution in [0.1, 0.15) is 34.6 Å². The second-order valence-electron chi connectivity index (χ2n) is 6.42. The summed E-state index contributed by atoms with van der Waals surface area (Å²) in [6, 6.07) is 15.8. The molecule has 4 rings (SSSR count). The van der Waals surface area contributed by atoms with Gasteiger partial charge in [-0.05, 0) is 0 Å². The standard InChI is InChI=1S/C22H21IN2O5/c1-3-29-21(26)16-10-12-24-19(14-16)20-15-17(22(27)30-4-2)11-13-25(20)23(24,28)18-8-6-5-7-9-18/h5-15H,3-4H2,1-2H3/q+2. The molecule has 1 aromatic carbocycles. The van der Waals surface area contributed by atoms with E-state index in [9.17, 15) is 12.7 Å². The molecule has 0 N–H and O–H groups in total. The number of esters is 2. The van der Waals surface area contributed by atoms with E-state index in [0.717, 1.165) is 0 Å². The molecule has 0 saturated carbocycles. The van der Waals surface area contributed by atoms with Crippen LogP contribution in [0.15, 0.2) is 67.0 Å². The third-order valence-corrected chi connectivity index (χ3v) is 11.5. The molecule has 0 aliphatic carbocycles. The summed E-state index contributed by atoms with van der Waals surface area (Å²) in [5, 5.41) is 0. The summed E-state index contributed by atoms with van der Waals surface area (Å²) in [5.74, 6) is -0.910. The summed E-state index contributed by atoms with van der Waals surface area (Å²) in [6.07, 6.45) is 3.32. The van der Waals surface area contributed by atoms with E-state index < -0.39 is 30.9 Å². The molecule has 30 heavy (non-hydrogen) atoms. The second kappa shape index (κ2) is 8.02. The molecule has 2 aromatic heterocycles. The van der Waals surface area contributed by atoms with Gasteiger partial charge in [-0.25, -0.2) is 0 Å². The number of carbonyl (C=O) groups excluding carboxylic acids is 2. The van der Waals surface area contributed by atoms with Crippen molar-refractivity contribution in [3.63, 3.8) is 0 Å². The fourth-order valence-corrected chi connectivity index (χ4v) is 9.72. The van der Waals surface area contributed by atoms with Gasteiger partial charge in [-0.2, -0.15) is 0 Å². The quantitative estimate of drug-likeness (QED) is 0.299. The average molecular weight is 520 g/mol. The van der Waals surface area contributed by atoms with Crippen molar-refractivity contribution in [1.82, 2.24) is 0 Å². The number of rotatable bonds is 5. The van der Waals surface area contributed by atoms with Crippen molar-refractivity contribution in [2.75, 3.05) is 13.2 Å². The van der Waals surface area contributed by atoms with Crippen molar-refractivity contribution in [1.29, 1.82) is 0 Å². The maximum atomic E-state index is 14.4. The SMILES string of the molecule is CCOC(=O)c1cc[n+]2c(c1)-c1cc(C(=O)OCC)cc[n+]1I2(=O)c1ccccc1. The van der Waals surface area contributed by atoms with Crippen LogP contribution in [0, 0.1) is 3.57 Å². The Labute approximate surface area is 178 Å². The first-order valence-corrected chi connectivity index (χ1v) is 13.4. The van der Waals surface area contributed by atoms with Gasteiger partial charge in [0.2, 0.25) is 0 Å². The van der Waals surface area contributed by atoms with E-state index in [1.165, 1.54) is 0 Å². The topological polar surface area (TPSA) is 77.4 Å². The summed E-state index contributed by atoms with van der Waals surface area (Å²) >= 11 is -4.23. The van der Waals surface area contributed by atoms with Gasteiger partial charge in [0, 0.05) is 0 Å². The molecular formula is C22H21IN2O5+2. The number of benzene rings is 1. The Bertz CT molecular complexity index is 1120. The minimum atomic E-state index is -4.23. The van der Waals surface area contributed by atoms with Crippen molar-refractivity contribution >= 4 is 30.9 Å². The zero-order valence-electron chi connectivity index (χ0n) is 16.6. The van der Waals surface area contributed by atoms with E-state index in [-0.39, 0.29) is 13.2 Å². The fourth-order valence-electron chi connectivity index (χ4n) is 3.29. The molecule has 3 heterocycles. The van der Waals surface area contributed by atoms with Crippen molar-refractivity contribution in [2.45, 2.75) is 13.8 Å². The van der Waals surface area contributed by atoms with Crippen LogP contribution in [-0.2, 0) is 12.5 Å². The second-order valence-corrected chi connectivity index (χ2v) is 12.4. The Morgan fingerprint density at radius 2 is 1.27 bits per heavy atom. The van der Waals surface area contributed by atoms with Gasteiger partial charge in [-0.3, -0.25) is 0 Å². The monoisotopic (exact) mass is 520 g/mol. The molecule has 0 amide bonds. The van der Waals surface area contributed by atoms with E-state index in [1.807, 2.05) is 30.3 Å². The molecule has 0 saturated heterocycles. The third kappa shape index (κ3) is 3.20. The van der Waals surface area contributed by atoms with Gasteiger partial charge < -0.3 is 0 Å². The molecule has 0 unspecified atom stereocenters. The maximum absolute atomic E-state index is 14.4. The molecule has 3 aromatic rings. The van der Waals surface area contributed by atoms with Gasteiger partial charge in [0.25, 0.3) is 0 Å². The van der Waals surface area contributed by atoms with Crippen LogP contribution >= 0.6 is 19.0 Å². The Morgan fingerprint density at radius 1 is 0.800 bits per heavy atom. The van der Waals surface area contributed by atoms with Gasteiger partial charge in [0.1, 0.15) is 0 Å². The van der Waals surface area contributed by atoms with Gasteiger partial charge in [0.15, 0.2) is 0 Å². The number of aromatic nitrogens is 2. The summed E-state index contributed by atoms with van der Waals surface area (Å²) in [7, 11) is 0. The van der Waals surface area contributed by atoms with Gasteiger partial charge in [0.05, 0.1) is 0 Å². The summed E-state index contributed by atoms with van der Waals surface area (Å²) in [6.45, 7) is 4.00. The van der Waals surface area contributed by atoms with E-state index in [2.05, 4.69) is 0 Å². The molecule has 0 bridgehead atoms. The first-order chi connectivity index (χ1) is 14.5. The molecule has 1 aliphatic rings. The first-order valence-electron chi connectivity index (χ1n) is 9.51. The van der Waals surface area contributed by atoms with E-state index in [1.54, 1.807) is 56.1 Å². The van der Waals surface area contributed by atoms with Crippen molar-refractivity contribution in [2.24, 2.45) is 0 Å². The molecule has 0 atom stereocenters. The minimum absolute atomic E-state index is 0.258. The number of pyridine rings is 2. The van der Waals surface area contributed by atoms with E-state index in [0.29, 0.717) is 26.1 Å². The molecule has 7 nitrogen and oxygen atoms in total. The Morgan fingerprint density at radius 3 is 1.70 bits per heavy atom. The Hall–Kier alpha value is -3.01. The number of fused-ring (bicyclic) bond motifs is 3. The fraction of sp³-hybridized carbons (Fsp3) is 0.182. The molecule has 0 spiro atoms. The van der Waals surface area contributed by atoms with E-state index in [4.69, 9.17) is 9.47 Å². The average Bonchev–Trinajstić information content (AvgIpc) is 3.03. The number of hydrogen-bond acceptors (Lipinski definition) is 5. The molecular weight excluding hydrogens is 499 g/mol. The Kier molecular flexibility index (Phi) is 5.42. The summed E-state index contributed by atoms with van der Waals surface area (Å²) in [4.78, 5) is 24.5. The third-order valence-electron chi connectivity index (χ3n) is 4.61. The number of carbonyl (C=O) groups is 2. The normalized spacial score (nSPS) is 14.3. The van der Waals surface area contributed by atoms with E-state index >= 15 is 0 Å². The summed E-state index contributed by atoms with van der Waals surface area (Å²) in [5.41, 5.74) is 1.88. The van der Waals surface area contributed by atoms with Crippen LogP contribution in [0.4, 0.5) is 0 Å². The van der Waals surface area contributed by atoms with Crippen LogP contribution in [0.3, 0.4) is 0 Å². The first kappa shape index (κ1) is 20.3. The number of hydrogen-bond donors (Lipinski definition) is 0. The molecule has 0 radical (unpaired) electrons. The predicted octanol–water partition coefficient (Wildman–Crippen LogP) is 3.08. The van der Waals surface area contributed by atoms with Crippen LogP contribution in [0.2, 0.25) is 0 Å². The van der Waals surface area contributed by atoms with Gasteiger partial charge in [-0.1, -0.05) is 0 Å². The van der Waals surface area contributed by atoms with Crippen molar-refractivity contribution in [3.8, 4) is 11.4 Å². The summed E-state index contributed by atoms with van der Waals surface area (Å²) < 4.78 is 28.8. The van der Waals surface area contributed by atoms with Gasteiger partial charge >= 0.3 is 179 Å². The predicted molar refractivity (Wildman–Crippen MR) is 115 cm³/mol. The number of ether oxygens (including phenoxy) is 2. The molecule has 0 fully saturated rings. The van der Waals surface area contributed by atoms with Crippen molar-refractivity contribution in [3.05, 3.63) is 81.7 Å². The Balaban J connectivity index is 1.96. The molecule has 8 heteroatoms. The van der Waals surface area contributed by atoms with Crippen molar-refractivity contribution < 1.29 is 27.7 Å².